The number of carboxylic acid groups (broad SMARTS) is 1. The standard InChI is InChI=1S/C21H19BrN4O3/c1-13-2-6-15(7-3-13)23-21(29)25-11-10-18-17(12-25)19(20(27)28)24-26(18)16-8-4-14(22)5-9-16/h2-9H,10-12H2,1H3,(H,23,29)(H,27,28). The number of benzene rings is 2. The number of urea groups is 1. The zero-order valence-electron chi connectivity index (χ0n) is 15.7. The van der Waals surface area contributed by atoms with Gasteiger partial charge in [0.1, 0.15) is 0 Å². The second-order valence-corrected chi connectivity index (χ2v) is 7.85. The molecule has 0 radical (unpaired) electrons. The first kappa shape index (κ1) is 19.2. The van der Waals surface area contributed by atoms with Gasteiger partial charge >= 0.3 is 12.0 Å². The van der Waals surface area contributed by atoms with Crippen LogP contribution >= 0.6 is 15.9 Å². The van der Waals surface area contributed by atoms with Crippen molar-refractivity contribution in [3.8, 4) is 5.69 Å². The first-order valence-corrected chi connectivity index (χ1v) is 9.94. The minimum Gasteiger partial charge on any atom is -0.476 e. The Balaban J connectivity index is 1.61. The number of carboxylic acids is 1. The van der Waals surface area contributed by atoms with Gasteiger partial charge in [-0.1, -0.05) is 33.6 Å². The normalized spacial score (nSPS) is 13.1. The summed E-state index contributed by atoms with van der Waals surface area (Å²) >= 11 is 3.40. The number of carbonyl (C=O) groups excluding carboxylic acids is 1. The summed E-state index contributed by atoms with van der Waals surface area (Å²) in [5, 5.41) is 16.8. The lowest BCUT2D eigenvalue weighted by Gasteiger charge is -2.28. The molecule has 0 bridgehead atoms. The molecule has 1 aromatic heterocycles. The minimum absolute atomic E-state index is 0.0178. The number of hydrogen-bond acceptors (Lipinski definition) is 3. The van der Waals surface area contributed by atoms with Gasteiger partial charge in [-0.3, -0.25) is 0 Å². The van der Waals surface area contributed by atoms with E-state index in [2.05, 4.69) is 26.3 Å². The number of nitrogens with zero attached hydrogens (tertiary/aromatic N) is 3. The van der Waals surface area contributed by atoms with E-state index in [4.69, 9.17) is 0 Å². The molecule has 7 nitrogen and oxygen atoms in total. The van der Waals surface area contributed by atoms with E-state index < -0.39 is 5.97 Å². The zero-order valence-corrected chi connectivity index (χ0v) is 17.3. The van der Waals surface area contributed by atoms with Crippen molar-refractivity contribution in [2.24, 2.45) is 0 Å². The van der Waals surface area contributed by atoms with Gasteiger partial charge in [0, 0.05) is 28.7 Å². The number of amides is 2. The molecule has 4 rings (SSSR count). The van der Waals surface area contributed by atoms with E-state index in [1.165, 1.54) is 0 Å². The lowest BCUT2D eigenvalue weighted by Crippen LogP contribution is -2.39. The van der Waals surface area contributed by atoms with E-state index in [0.717, 1.165) is 21.4 Å². The molecule has 2 N–H and O–H groups in total. The average Bonchev–Trinajstić information content (AvgIpc) is 3.09. The monoisotopic (exact) mass is 454 g/mol. The number of carbonyl (C=O) groups is 2. The van der Waals surface area contributed by atoms with E-state index in [1.807, 2.05) is 55.5 Å². The van der Waals surface area contributed by atoms with Gasteiger partial charge in [-0.25, -0.2) is 14.3 Å². The van der Waals surface area contributed by atoms with Crippen LogP contribution in [0.25, 0.3) is 5.69 Å². The lowest BCUT2D eigenvalue weighted by atomic mass is 10.1. The molecule has 2 aromatic carbocycles. The zero-order chi connectivity index (χ0) is 20.5. The lowest BCUT2D eigenvalue weighted by molar-refractivity contribution is 0.0687. The van der Waals surface area contributed by atoms with Gasteiger partial charge in [0.25, 0.3) is 0 Å². The number of aromatic carboxylic acids is 1. The fourth-order valence-corrected chi connectivity index (χ4v) is 3.66. The van der Waals surface area contributed by atoms with Crippen molar-refractivity contribution in [3.63, 3.8) is 0 Å². The molecule has 0 saturated heterocycles. The summed E-state index contributed by atoms with van der Waals surface area (Å²) in [6.07, 6.45) is 0.521. The van der Waals surface area contributed by atoms with Crippen molar-refractivity contribution in [1.29, 1.82) is 0 Å². The van der Waals surface area contributed by atoms with Crippen molar-refractivity contribution in [3.05, 3.63) is 75.5 Å². The fourth-order valence-electron chi connectivity index (χ4n) is 3.40. The maximum Gasteiger partial charge on any atom is 0.356 e. The molecule has 0 spiro atoms. The van der Waals surface area contributed by atoms with Gasteiger partial charge in [-0.2, -0.15) is 5.10 Å². The summed E-state index contributed by atoms with van der Waals surface area (Å²) in [4.78, 5) is 26.1. The summed E-state index contributed by atoms with van der Waals surface area (Å²) in [6.45, 7) is 2.66. The molecule has 1 aliphatic rings. The molecule has 148 valence electrons. The number of anilines is 1. The molecule has 0 unspecified atom stereocenters. The van der Waals surface area contributed by atoms with Crippen LogP contribution in [0.2, 0.25) is 0 Å². The number of aromatic nitrogens is 2. The van der Waals surface area contributed by atoms with Crippen molar-refractivity contribution in [2.45, 2.75) is 19.9 Å². The van der Waals surface area contributed by atoms with Gasteiger partial charge in [0.05, 0.1) is 17.9 Å². The molecule has 0 aliphatic carbocycles. The maximum atomic E-state index is 12.7. The smallest absolute Gasteiger partial charge is 0.356 e. The third kappa shape index (κ3) is 3.88. The number of nitrogens with one attached hydrogen (secondary N) is 1. The van der Waals surface area contributed by atoms with E-state index in [0.29, 0.717) is 24.2 Å². The highest BCUT2D eigenvalue weighted by Gasteiger charge is 2.30. The third-order valence-corrected chi connectivity index (χ3v) is 5.45. The molecule has 8 heteroatoms. The quantitative estimate of drug-likeness (QED) is 0.619. The third-order valence-electron chi connectivity index (χ3n) is 4.92. The Bertz CT molecular complexity index is 1070. The summed E-state index contributed by atoms with van der Waals surface area (Å²) in [7, 11) is 0. The van der Waals surface area contributed by atoms with Gasteiger partial charge < -0.3 is 15.3 Å². The summed E-state index contributed by atoms with van der Waals surface area (Å²) in [5.74, 6) is -1.10. The van der Waals surface area contributed by atoms with E-state index in [1.54, 1.807) is 9.58 Å². The highest BCUT2D eigenvalue weighted by atomic mass is 79.9. The van der Waals surface area contributed by atoms with Gasteiger partial charge in [-0.15, -0.1) is 0 Å². The Hall–Kier alpha value is -3.13. The maximum absolute atomic E-state index is 12.7. The van der Waals surface area contributed by atoms with Gasteiger partial charge in [0.2, 0.25) is 0 Å². The molecule has 0 atom stereocenters. The Morgan fingerprint density at radius 3 is 2.45 bits per heavy atom. The van der Waals surface area contributed by atoms with Gasteiger partial charge in [0.15, 0.2) is 5.69 Å². The Labute approximate surface area is 176 Å². The van der Waals surface area contributed by atoms with Crippen LogP contribution in [-0.2, 0) is 13.0 Å². The molecule has 3 aromatic rings. The molecule has 29 heavy (non-hydrogen) atoms. The topological polar surface area (TPSA) is 87.5 Å². The summed E-state index contributed by atoms with van der Waals surface area (Å²) in [6, 6.07) is 14.8. The first-order valence-electron chi connectivity index (χ1n) is 9.15. The molecule has 0 saturated carbocycles. The van der Waals surface area contributed by atoms with Crippen LogP contribution < -0.4 is 5.32 Å². The van der Waals surface area contributed by atoms with Crippen LogP contribution in [0.15, 0.2) is 53.0 Å². The average molecular weight is 455 g/mol. The number of hydrogen-bond donors (Lipinski definition) is 2. The second kappa shape index (κ2) is 7.71. The highest BCUT2D eigenvalue weighted by molar-refractivity contribution is 9.10. The molecule has 2 heterocycles. The number of fused-ring (bicyclic) bond motifs is 1. The Kier molecular flexibility index (Phi) is 5.10. The van der Waals surface area contributed by atoms with Crippen LogP contribution in [0.4, 0.5) is 10.5 Å². The molecule has 1 aliphatic heterocycles. The summed E-state index contributed by atoms with van der Waals surface area (Å²) < 4.78 is 2.60. The predicted molar refractivity (Wildman–Crippen MR) is 113 cm³/mol. The fraction of sp³-hybridized carbons (Fsp3) is 0.190. The molecule has 0 fully saturated rings. The number of halogens is 1. The highest BCUT2D eigenvalue weighted by Crippen LogP contribution is 2.26. The molecular formula is C21H19BrN4O3. The summed E-state index contributed by atoms with van der Waals surface area (Å²) in [5.41, 5.74) is 3.98. The van der Waals surface area contributed by atoms with Crippen LogP contribution in [0.3, 0.4) is 0 Å². The molecule has 2 amide bonds. The minimum atomic E-state index is -1.10. The van der Waals surface area contributed by atoms with Gasteiger partial charge in [-0.05, 0) is 43.3 Å². The van der Waals surface area contributed by atoms with Crippen molar-refractivity contribution >= 4 is 33.6 Å². The van der Waals surface area contributed by atoms with Crippen molar-refractivity contribution in [2.75, 3.05) is 11.9 Å². The molecular weight excluding hydrogens is 436 g/mol. The van der Waals surface area contributed by atoms with Crippen molar-refractivity contribution < 1.29 is 14.7 Å². The predicted octanol–water partition coefficient (Wildman–Crippen LogP) is 4.23. The SMILES string of the molecule is Cc1ccc(NC(=O)N2CCc3c(c(C(=O)O)nn3-c3ccc(Br)cc3)C2)cc1. The van der Waals surface area contributed by atoms with Crippen LogP contribution in [0.5, 0.6) is 0 Å². The van der Waals surface area contributed by atoms with Crippen LogP contribution in [-0.4, -0.2) is 38.3 Å². The van der Waals surface area contributed by atoms with Crippen molar-refractivity contribution in [1.82, 2.24) is 14.7 Å². The van der Waals surface area contributed by atoms with E-state index in [9.17, 15) is 14.7 Å². The Morgan fingerprint density at radius 2 is 1.79 bits per heavy atom. The Morgan fingerprint density at radius 1 is 1.10 bits per heavy atom. The first-order chi connectivity index (χ1) is 13.9. The van der Waals surface area contributed by atoms with Crippen LogP contribution in [0.1, 0.15) is 27.3 Å². The van der Waals surface area contributed by atoms with E-state index in [-0.39, 0.29) is 18.3 Å². The largest absolute Gasteiger partial charge is 0.476 e. The second-order valence-electron chi connectivity index (χ2n) is 6.93. The van der Waals surface area contributed by atoms with E-state index >= 15 is 0 Å². The van der Waals surface area contributed by atoms with Crippen LogP contribution in [0, 0.1) is 6.92 Å². The number of rotatable bonds is 3. The number of aryl methyl sites for hydroxylation is 1.